The van der Waals surface area contributed by atoms with E-state index in [0.717, 1.165) is 11.6 Å². The smallest absolute Gasteiger partial charge is 0.194 e. The molecule has 1 aromatic heterocycles. The Morgan fingerprint density at radius 2 is 1.80 bits per heavy atom. The lowest BCUT2D eigenvalue weighted by Crippen LogP contribution is -2.16. The molecule has 0 saturated carbocycles. The minimum absolute atomic E-state index is 0.0122. The number of hydrogen-bond donors (Lipinski definition) is 2. The van der Waals surface area contributed by atoms with Crippen molar-refractivity contribution in [3.8, 4) is 0 Å². The van der Waals surface area contributed by atoms with Crippen LogP contribution >= 0.6 is 0 Å². The van der Waals surface area contributed by atoms with Gasteiger partial charge in [0, 0.05) is 30.9 Å². The topological polar surface area (TPSA) is 67.7 Å². The molecule has 0 amide bonds. The van der Waals surface area contributed by atoms with Crippen LogP contribution in [0.5, 0.6) is 0 Å². The molecule has 0 aliphatic heterocycles. The van der Waals surface area contributed by atoms with Gasteiger partial charge in [-0.2, -0.15) is 0 Å². The Hall–Kier alpha value is -3.09. The third-order valence-corrected chi connectivity index (χ3v) is 3.91. The number of benzene rings is 2. The van der Waals surface area contributed by atoms with Crippen molar-refractivity contribution in [1.82, 2.24) is 9.55 Å². The van der Waals surface area contributed by atoms with E-state index in [1.807, 2.05) is 12.1 Å². The molecule has 0 fully saturated rings. The zero-order valence-corrected chi connectivity index (χ0v) is 13.1. The van der Waals surface area contributed by atoms with Crippen molar-refractivity contribution in [2.75, 3.05) is 0 Å². The molecule has 0 radical (unpaired) electrons. The molecule has 1 heterocycles. The second-order valence-electron chi connectivity index (χ2n) is 5.55. The molecule has 2 aromatic carbocycles. The molecule has 0 aliphatic carbocycles. The number of nitrogens with two attached hydrogens (primary N) is 1. The summed E-state index contributed by atoms with van der Waals surface area (Å²) < 4.78 is 42.1. The van der Waals surface area contributed by atoms with Crippen molar-refractivity contribution >= 4 is 5.84 Å². The summed E-state index contributed by atoms with van der Waals surface area (Å²) in [6.07, 6.45) is 3.26. The fourth-order valence-corrected chi connectivity index (χ4v) is 2.63. The molecular weight excluding hydrogens is 329 g/mol. The number of nitrogen functional groups attached to an aromatic ring is 1. The summed E-state index contributed by atoms with van der Waals surface area (Å²) in [6.45, 7) is 0.371. The number of nitrogens with one attached hydrogen (secondary N) is 1. The van der Waals surface area contributed by atoms with Gasteiger partial charge in [-0.25, -0.2) is 18.2 Å². The van der Waals surface area contributed by atoms with Crippen LogP contribution in [0.4, 0.5) is 13.2 Å². The van der Waals surface area contributed by atoms with Gasteiger partial charge in [0.05, 0.1) is 0 Å². The monoisotopic (exact) mass is 344 g/mol. The number of aromatic nitrogens is 2. The van der Waals surface area contributed by atoms with Crippen LogP contribution in [-0.4, -0.2) is 15.4 Å². The number of imidazole rings is 1. The van der Waals surface area contributed by atoms with Gasteiger partial charge in [0.15, 0.2) is 17.5 Å². The molecule has 3 aromatic rings. The van der Waals surface area contributed by atoms with Crippen molar-refractivity contribution in [3.05, 3.63) is 88.8 Å². The van der Waals surface area contributed by atoms with Gasteiger partial charge in [-0.3, -0.25) is 5.41 Å². The van der Waals surface area contributed by atoms with E-state index >= 15 is 0 Å². The van der Waals surface area contributed by atoms with Gasteiger partial charge in [0.25, 0.3) is 0 Å². The highest BCUT2D eigenvalue weighted by atomic mass is 19.2. The molecule has 0 aliphatic rings. The van der Waals surface area contributed by atoms with E-state index in [1.165, 1.54) is 6.07 Å². The van der Waals surface area contributed by atoms with Crippen molar-refractivity contribution in [2.45, 2.75) is 13.0 Å². The predicted octanol–water partition coefficient (Wildman–Crippen LogP) is 3.22. The van der Waals surface area contributed by atoms with Gasteiger partial charge in [-0.1, -0.05) is 30.3 Å². The first-order valence-corrected chi connectivity index (χ1v) is 7.52. The lowest BCUT2D eigenvalue weighted by molar-refractivity contribution is 0.441. The molecule has 128 valence electrons. The molecule has 3 rings (SSSR count). The summed E-state index contributed by atoms with van der Waals surface area (Å²) in [7, 11) is 0. The Morgan fingerprint density at radius 3 is 2.56 bits per heavy atom. The van der Waals surface area contributed by atoms with Crippen LogP contribution in [0, 0.1) is 22.9 Å². The number of hydrogen-bond acceptors (Lipinski definition) is 2. The Kier molecular flexibility index (Phi) is 4.56. The van der Waals surface area contributed by atoms with E-state index < -0.39 is 17.5 Å². The SMILES string of the molecule is N=C(N)c1ccccc1Cn1ccnc1Cc1ccc(F)c(F)c1F. The van der Waals surface area contributed by atoms with E-state index in [9.17, 15) is 13.2 Å². The van der Waals surface area contributed by atoms with E-state index in [0.29, 0.717) is 17.9 Å². The van der Waals surface area contributed by atoms with E-state index in [4.69, 9.17) is 11.1 Å². The highest BCUT2D eigenvalue weighted by Crippen LogP contribution is 2.19. The van der Waals surface area contributed by atoms with Gasteiger partial charge in [0.2, 0.25) is 0 Å². The minimum Gasteiger partial charge on any atom is -0.384 e. The maximum atomic E-state index is 13.9. The van der Waals surface area contributed by atoms with Gasteiger partial charge < -0.3 is 10.3 Å². The van der Waals surface area contributed by atoms with E-state index in [2.05, 4.69) is 4.98 Å². The van der Waals surface area contributed by atoms with E-state index in [-0.39, 0.29) is 17.8 Å². The molecule has 0 saturated heterocycles. The zero-order valence-electron chi connectivity index (χ0n) is 13.1. The number of halogens is 3. The van der Waals surface area contributed by atoms with E-state index in [1.54, 1.807) is 29.1 Å². The molecule has 4 nitrogen and oxygen atoms in total. The Bertz CT molecular complexity index is 934. The van der Waals surface area contributed by atoms with Gasteiger partial charge in [-0.05, 0) is 17.2 Å². The van der Waals surface area contributed by atoms with Crippen molar-refractivity contribution in [2.24, 2.45) is 5.73 Å². The quantitative estimate of drug-likeness (QED) is 0.424. The second kappa shape index (κ2) is 6.80. The van der Waals surface area contributed by atoms with Gasteiger partial charge >= 0.3 is 0 Å². The third kappa shape index (κ3) is 3.40. The van der Waals surface area contributed by atoms with Crippen molar-refractivity contribution in [3.63, 3.8) is 0 Å². The summed E-state index contributed by atoms with van der Waals surface area (Å²) in [5.74, 6) is -3.48. The fourth-order valence-electron chi connectivity index (χ4n) is 2.63. The average molecular weight is 344 g/mol. The van der Waals surface area contributed by atoms with Crippen LogP contribution < -0.4 is 5.73 Å². The van der Waals surface area contributed by atoms with Crippen molar-refractivity contribution in [1.29, 1.82) is 5.41 Å². The van der Waals surface area contributed by atoms with Crippen LogP contribution in [0.25, 0.3) is 0 Å². The normalized spacial score (nSPS) is 10.8. The zero-order chi connectivity index (χ0) is 18.0. The summed E-state index contributed by atoms with van der Waals surface area (Å²) in [6, 6.07) is 9.28. The standard InChI is InChI=1S/C18H15F3N4/c19-14-6-5-11(16(20)17(14)21)9-15-24-7-8-25(15)10-12-3-1-2-4-13(12)18(22)23/h1-8H,9-10H2,(H3,22,23). The van der Waals surface area contributed by atoms with Crippen LogP contribution in [0.3, 0.4) is 0 Å². The maximum Gasteiger partial charge on any atom is 0.194 e. The fraction of sp³-hybridized carbons (Fsp3) is 0.111. The summed E-state index contributed by atoms with van der Waals surface area (Å²) >= 11 is 0. The Balaban J connectivity index is 1.90. The number of amidine groups is 1. The number of nitrogens with zero attached hydrogens (tertiary/aromatic N) is 2. The van der Waals surface area contributed by atoms with Gasteiger partial charge in [0.1, 0.15) is 11.7 Å². The molecule has 25 heavy (non-hydrogen) atoms. The first-order chi connectivity index (χ1) is 12.0. The first-order valence-electron chi connectivity index (χ1n) is 7.52. The summed E-state index contributed by atoms with van der Waals surface area (Å²) in [4.78, 5) is 4.17. The highest BCUT2D eigenvalue weighted by molar-refractivity contribution is 5.96. The molecule has 0 atom stereocenters. The van der Waals surface area contributed by atoms with Crippen LogP contribution in [-0.2, 0) is 13.0 Å². The second-order valence-corrected chi connectivity index (χ2v) is 5.55. The summed E-state index contributed by atoms with van der Waals surface area (Å²) in [5, 5.41) is 7.64. The molecular formula is C18H15F3N4. The molecule has 3 N–H and O–H groups in total. The Labute approximate surface area is 142 Å². The highest BCUT2D eigenvalue weighted by Gasteiger charge is 2.16. The first kappa shape index (κ1) is 16.8. The maximum absolute atomic E-state index is 13.9. The largest absolute Gasteiger partial charge is 0.384 e. The van der Waals surface area contributed by atoms with Gasteiger partial charge in [-0.15, -0.1) is 0 Å². The third-order valence-electron chi connectivity index (χ3n) is 3.91. The summed E-state index contributed by atoms with van der Waals surface area (Å²) in [5.41, 5.74) is 7.01. The minimum atomic E-state index is -1.49. The van der Waals surface area contributed by atoms with Crippen LogP contribution in [0.1, 0.15) is 22.5 Å². The number of rotatable bonds is 5. The van der Waals surface area contributed by atoms with Crippen LogP contribution in [0.15, 0.2) is 48.8 Å². The molecule has 0 bridgehead atoms. The van der Waals surface area contributed by atoms with Crippen molar-refractivity contribution < 1.29 is 13.2 Å². The molecule has 0 unspecified atom stereocenters. The van der Waals surface area contributed by atoms with Crippen LogP contribution in [0.2, 0.25) is 0 Å². The average Bonchev–Trinajstić information content (AvgIpc) is 3.02. The lowest BCUT2D eigenvalue weighted by Gasteiger charge is -2.12. The predicted molar refractivity (Wildman–Crippen MR) is 87.9 cm³/mol. The Morgan fingerprint density at radius 1 is 1.04 bits per heavy atom. The lowest BCUT2D eigenvalue weighted by atomic mass is 10.1. The molecule has 7 heteroatoms. The molecule has 0 spiro atoms.